The third kappa shape index (κ3) is 2.60. The Morgan fingerprint density at radius 3 is 2.81 bits per heavy atom. The summed E-state index contributed by atoms with van der Waals surface area (Å²) in [4.78, 5) is 16.1. The second-order valence-corrected chi connectivity index (χ2v) is 4.44. The Hall–Kier alpha value is -1.38. The van der Waals surface area contributed by atoms with Crippen molar-refractivity contribution in [2.24, 2.45) is 0 Å². The molecule has 1 N–H and O–H groups in total. The Kier molecular flexibility index (Phi) is 3.54. The average molecular weight is 218 g/mol. The highest BCUT2D eigenvalue weighted by molar-refractivity contribution is 5.95. The SMILES string of the molecule is Cc1ncccc1C(=O)NC1CCCCC1. The second kappa shape index (κ2) is 5.10. The highest BCUT2D eigenvalue weighted by Gasteiger charge is 2.17. The van der Waals surface area contributed by atoms with E-state index in [4.69, 9.17) is 0 Å². The van der Waals surface area contributed by atoms with Crippen molar-refractivity contribution in [2.45, 2.75) is 45.1 Å². The number of hydrogen-bond acceptors (Lipinski definition) is 2. The summed E-state index contributed by atoms with van der Waals surface area (Å²) in [7, 11) is 0. The first kappa shape index (κ1) is 11.1. The van der Waals surface area contributed by atoms with E-state index in [1.807, 2.05) is 19.1 Å². The average Bonchev–Trinajstić information content (AvgIpc) is 2.31. The summed E-state index contributed by atoms with van der Waals surface area (Å²) in [5.74, 6) is 0.0255. The first-order chi connectivity index (χ1) is 7.77. The number of hydrogen-bond donors (Lipinski definition) is 1. The van der Waals surface area contributed by atoms with E-state index in [1.165, 1.54) is 19.3 Å². The summed E-state index contributed by atoms with van der Waals surface area (Å²) in [6.07, 6.45) is 7.72. The maximum atomic E-state index is 12.0. The van der Waals surface area contributed by atoms with E-state index in [2.05, 4.69) is 10.3 Å². The number of nitrogens with one attached hydrogen (secondary N) is 1. The van der Waals surface area contributed by atoms with Crippen LogP contribution in [-0.2, 0) is 0 Å². The molecule has 0 aromatic carbocycles. The summed E-state index contributed by atoms with van der Waals surface area (Å²) >= 11 is 0. The van der Waals surface area contributed by atoms with Gasteiger partial charge in [-0.3, -0.25) is 9.78 Å². The predicted octanol–water partition coefficient (Wildman–Crippen LogP) is 2.45. The Morgan fingerprint density at radius 1 is 1.38 bits per heavy atom. The van der Waals surface area contributed by atoms with Crippen LogP contribution in [0.5, 0.6) is 0 Å². The number of carbonyl (C=O) groups is 1. The zero-order valence-corrected chi connectivity index (χ0v) is 9.70. The first-order valence-electron chi connectivity index (χ1n) is 6.00. The van der Waals surface area contributed by atoms with Gasteiger partial charge in [0.25, 0.3) is 5.91 Å². The molecule has 1 amide bonds. The fraction of sp³-hybridized carbons (Fsp3) is 0.538. The monoisotopic (exact) mass is 218 g/mol. The van der Waals surface area contributed by atoms with Crippen molar-refractivity contribution in [1.29, 1.82) is 0 Å². The minimum absolute atomic E-state index is 0.0255. The van der Waals surface area contributed by atoms with Crippen LogP contribution in [0.1, 0.15) is 48.2 Å². The minimum atomic E-state index is 0.0255. The van der Waals surface area contributed by atoms with Crippen molar-refractivity contribution in [3.63, 3.8) is 0 Å². The molecule has 0 radical (unpaired) electrons. The molecule has 1 aromatic heterocycles. The summed E-state index contributed by atoms with van der Waals surface area (Å²) < 4.78 is 0. The Balaban J connectivity index is 2.00. The molecule has 1 saturated carbocycles. The molecule has 1 aliphatic rings. The van der Waals surface area contributed by atoms with E-state index in [9.17, 15) is 4.79 Å². The number of aryl methyl sites for hydroxylation is 1. The molecule has 1 aliphatic carbocycles. The number of rotatable bonds is 2. The first-order valence-corrected chi connectivity index (χ1v) is 6.00. The number of amides is 1. The molecule has 0 atom stereocenters. The molecule has 0 saturated heterocycles. The molecule has 0 bridgehead atoms. The zero-order valence-electron chi connectivity index (χ0n) is 9.70. The molecule has 0 spiro atoms. The van der Waals surface area contributed by atoms with Gasteiger partial charge in [0, 0.05) is 17.9 Å². The molecule has 2 rings (SSSR count). The number of nitrogens with zero attached hydrogens (tertiary/aromatic N) is 1. The molecule has 86 valence electrons. The van der Waals surface area contributed by atoms with Crippen molar-refractivity contribution >= 4 is 5.91 Å². The van der Waals surface area contributed by atoms with Gasteiger partial charge in [-0.15, -0.1) is 0 Å². The van der Waals surface area contributed by atoms with Gasteiger partial charge in [-0.2, -0.15) is 0 Å². The van der Waals surface area contributed by atoms with Crippen LogP contribution in [0, 0.1) is 6.92 Å². The fourth-order valence-corrected chi connectivity index (χ4v) is 2.23. The van der Waals surface area contributed by atoms with E-state index in [0.29, 0.717) is 11.6 Å². The van der Waals surface area contributed by atoms with Crippen LogP contribution in [0.2, 0.25) is 0 Å². The van der Waals surface area contributed by atoms with Gasteiger partial charge < -0.3 is 5.32 Å². The number of carbonyl (C=O) groups excluding carboxylic acids is 1. The van der Waals surface area contributed by atoms with Gasteiger partial charge in [0.1, 0.15) is 0 Å². The van der Waals surface area contributed by atoms with Gasteiger partial charge in [-0.1, -0.05) is 19.3 Å². The van der Waals surface area contributed by atoms with Gasteiger partial charge in [-0.25, -0.2) is 0 Å². The molecule has 0 aliphatic heterocycles. The van der Waals surface area contributed by atoms with Crippen LogP contribution in [0.4, 0.5) is 0 Å². The van der Waals surface area contributed by atoms with Crippen LogP contribution in [0.15, 0.2) is 18.3 Å². The van der Waals surface area contributed by atoms with Gasteiger partial charge in [-0.05, 0) is 31.9 Å². The largest absolute Gasteiger partial charge is 0.349 e. The molecule has 1 fully saturated rings. The number of pyridine rings is 1. The zero-order chi connectivity index (χ0) is 11.4. The summed E-state index contributed by atoms with van der Waals surface area (Å²) in [5.41, 5.74) is 1.50. The fourth-order valence-electron chi connectivity index (χ4n) is 2.23. The molecule has 1 heterocycles. The standard InChI is InChI=1S/C13H18N2O/c1-10-12(8-5-9-14-10)13(16)15-11-6-3-2-4-7-11/h5,8-9,11H,2-4,6-7H2,1H3,(H,15,16). The van der Waals surface area contributed by atoms with E-state index < -0.39 is 0 Å². The van der Waals surface area contributed by atoms with Crippen LogP contribution in [0.25, 0.3) is 0 Å². The highest BCUT2D eigenvalue weighted by Crippen LogP contribution is 2.18. The third-order valence-corrected chi connectivity index (χ3v) is 3.19. The molecular weight excluding hydrogens is 200 g/mol. The Labute approximate surface area is 96.3 Å². The van der Waals surface area contributed by atoms with Gasteiger partial charge in [0.15, 0.2) is 0 Å². The Bertz CT molecular complexity index is 370. The highest BCUT2D eigenvalue weighted by atomic mass is 16.1. The van der Waals surface area contributed by atoms with Gasteiger partial charge in [0.2, 0.25) is 0 Å². The minimum Gasteiger partial charge on any atom is -0.349 e. The molecule has 3 nitrogen and oxygen atoms in total. The molecular formula is C13H18N2O. The van der Waals surface area contributed by atoms with Crippen molar-refractivity contribution in [3.05, 3.63) is 29.6 Å². The topological polar surface area (TPSA) is 42.0 Å². The van der Waals surface area contributed by atoms with Crippen LogP contribution < -0.4 is 5.32 Å². The van der Waals surface area contributed by atoms with E-state index in [-0.39, 0.29) is 5.91 Å². The van der Waals surface area contributed by atoms with E-state index in [0.717, 1.165) is 18.5 Å². The lowest BCUT2D eigenvalue weighted by atomic mass is 9.95. The van der Waals surface area contributed by atoms with E-state index in [1.54, 1.807) is 6.20 Å². The van der Waals surface area contributed by atoms with Gasteiger partial charge in [0.05, 0.1) is 5.56 Å². The third-order valence-electron chi connectivity index (χ3n) is 3.19. The molecule has 0 unspecified atom stereocenters. The maximum Gasteiger partial charge on any atom is 0.253 e. The van der Waals surface area contributed by atoms with Crippen LogP contribution in [0.3, 0.4) is 0 Å². The molecule has 16 heavy (non-hydrogen) atoms. The lowest BCUT2D eigenvalue weighted by Gasteiger charge is -2.22. The smallest absolute Gasteiger partial charge is 0.253 e. The summed E-state index contributed by atoms with van der Waals surface area (Å²) in [6, 6.07) is 4.00. The molecule has 1 aromatic rings. The van der Waals surface area contributed by atoms with Crippen LogP contribution in [-0.4, -0.2) is 16.9 Å². The lowest BCUT2D eigenvalue weighted by molar-refractivity contribution is 0.0926. The quantitative estimate of drug-likeness (QED) is 0.828. The van der Waals surface area contributed by atoms with Crippen molar-refractivity contribution in [2.75, 3.05) is 0 Å². The molecule has 3 heteroatoms. The van der Waals surface area contributed by atoms with Crippen molar-refractivity contribution < 1.29 is 4.79 Å². The van der Waals surface area contributed by atoms with Crippen molar-refractivity contribution in [1.82, 2.24) is 10.3 Å². The maximum absolute atomic E-state index is 12.0. The number of aromatic nitrogens is 1. The van der Waals surface area contributed by atoms with Crippen molar-refractivity contribution in [3.8, 4) is 0 Å². The normalized spacial score (nSPS) is 17.1. The summed E-state index contributed by atoms with van der Waals surface area (Å²) in [5, 5.41) is 3.10. The predicted molar refractivity (Wildman–Crippen MR) is 63.3 cm³/mol. The van der Waals surface area contributed by atoms with E-state index >= 15 is 0 Å². The lowest BCUT2D eigenvalue weighted by Crippen LogP contribution is -2.36. The summed E-state index contributed by atoms with van der Waals surface area (Å²) in [6.45, 7) is 1.87. The van der Waals surface area contributed by atoms with Crippen LogP contribution >= 0.6 is 0 Å². The van der Waals surface area contributed by atoms with Gasteiger partial charge >= 0.3 is 0 Å². The Morgan fingerprint density at radius 2 is 2.12 bits per heavy atom. The second-order valence-electron chi connectivity index (χ2n) is 4.44.